The Bertz CT molecular complexity index is 820. The number of nitrogens with zero attached hydrogens (tertiary/aromatic N) is 5. The van der Waals surface area contributed by atoms with Gasteiger partial charge in [-0.25, -0.2) is 0 Å². The Labute approximate surface area is 179 Å². The summed E-state index contributed by atoms with van der Waals surface area (Å²) in [5.74, 6) is 0.970. The molecule has 7 heteroatoms. The van der Waals surface area contributed by atoms with Gasteiger partial charge in [0.05, 0.1) is 19.3 Å². The largest absolute Gasteiger partial charge is 0.370 e. The number of morpholine rings is 1. The highest BCUT2D eigenvalue weighted by molar-refractivity contribution is 5.80. The quantitative estimate of drug-likeness (QED) is 0.606. The fourth-order valence-corrected chi connectivity index (χ4v) is 4.51. The molecule has 2 fully saturated rings. The lowest BCUT2D eigenvalue weighted by molar-refractivity contribution is -0.00820. The Morgan fingerprint density at radius 2 is 2.10 bits per heavy atom. The van der Waals surface area contributed by atoms with Crippen molar-refractivity contribution >= 4 is 5.96 Å². The van der Waals surface area contributed by atoms with Gasteiger partial charge in [-0.05, 0) is 24.9 Å². The van der Waals surface area contributed by atoms with Gasteiger partial charge in [0.1, 0.15) is 6.10 Å². The standard InChI is InChI=1S/C23H34N6O/c1-24-23(29-12-13-30-22(18-29)20-14-26-27(2)17-20)25-15-21-10-6-7-11-28(21)16-19-8-4-3-5-9-19/h3-5,8-9,14,17,21-22H,6-7,10-13,15-16,18H2,1-2H3,(H,24,25). The van der Waals surface area contributed by atoms with E-state index in [9.17, 15) is 0 Å². The molecule has 3 heterocycles. The second-order valence-electron chi connectivity index (χ2n) is 8.29. The summed E-state index contributed by atoms with van der Waals surface area (Å²) in [4.78, 5) is 9.51. The van der Waals surface area contributed by atoms with E-state index in [0.717, 1.165) is 37.7 Å². The zero-order valence-electron chi connectivity index (χ0n) is 18.2. The van der Waals surface area contributed by atoms with Gasteiger partial charge in [-0.1, -0.05) is 36.8 Å². The van der Waals surface area contributed by atoms with Gasteiger partial charge >= 0.3 is 0 Å². The van der Waals surface area contributed by atoms with Crippen molar-refractivity contribution in [3.63, 3.8) is 0 Å². The highest BCUT2D eigenvalue weighted by atomic mass is 16.5. The maximum absolute atomic E-state index is 5.99. The van der Waals surface area contributed by atoms with E-state index in [1.807, 2.05) is 31.2 Å². The van der Waals surface area contributed by atoms with Crippen molar-refractivity contribution in [1.29, 1.82) is 0 Å². The molecule has 2 aliphatic heterocycles. The highest BCUT2D eigenvalue weighted by Gasteiger charge is 2.27. The van der Waals surface area contributed by atoms with E-state index in [1.165, 1.54) is 31.4 Å². The molecule has 0 aliphatic carbocycles. The van der Waals surface area contributed by atoms with E-state index in [2.05, 4.69) is 55.5 Å². The summed E-state index contributed by atoms with van der Waals surface area (Å²) in [6.07, 6.45) is 7.79. The molecular weight excluding hydrogens is 376 g/mol. The Balaban J connectivity index is 1.34. The van der Waals surface area contributed by atoms with E-state index in [4.69, 9.17) is 4.74 Å². The molecule has 2 aliphatic rings. The van der Waals surface area contributed by atoms with Crippen molar-refractivity contribution in [2.24, 2.45) is 12.0 Å². The van der Waals surface area contributed by atoms with Crippen molar-refractivity contribution in [3.05, 3.63) is 53.9 Å². The smallest absolute Gasteiger partial charge is 0.193 e. The number of aryl methyl sites for hydroxylation is 1. The predicted octanol–water partition coefficient (Wildman–Crippen LogP) is 2.42. The molecule has 0 radical (unpaired) electrons. The van der Waals surface area contributed by atoms with Gasteiger partial charge in [0, 0.05) is 51.5 Å². The van der Waals surface area contributed by atoms with Crippen LogP contribution in [0.25, 0.3) is 0 Å². The monoisotopic (exact) mass is 410 g/mol. The highest BCUT2D eigenvalue weighted by Crippen LogP contribution is 2.22. The van der Waals surface area contributed by atoms with E-state index < -0.39 is 0 Å². The number of likely N-dealkylation sites (tertiary alicyclic amines) is 1. The summed E-state index contributed by atoms with van der Waals surface area (Å²) in [6, 6.07) is 11.3. The molecule has 2 unspecified atom stereocenters. The van der Waals surface area contributed by atoms with Crippen LogP contribution >= 0.6 is 0 Å². The van der Waals surface area contributed by atoms with Gasteiger partial charge in [-0.15, -0.1) is 0 Å². The van der Waals surface area contributed by atoms with Crippen LogP contribution in [0.3, 0.4) is 0 Å². The van der Waals surface area contributed by atoms with Crippen LogP contribution in [-0.2, 0) is 18.3 Å². The molecular formula is C23H34N6O. The summed E-state index contributed by atoms with van der Waals surface area (Å²) >= 11 is 0. The molecule has 0 spiro atoms. The first-order valence-electron chi connectivity index (χ1n) is 11.1. The zero-order chi connectivity index (χ0) is 20.8. The summed E-state index contributed by atoms with van der Waals surface area (Å²) in [6.45, 7) is 5.46. The molecule has 2 saturated heterocycles. The molecule has 162 valence electrons. The number of guanidine groups is 1. The van der Waals surface area contributed by atoms with Crippen LogP contribution in [0, 0.1) is 0 Å². The van der Waals surface area contributed by atoms with Crippen LogP contribution in [0.4, 0.5) is 0 Å². The van der Waals surface area contributed by atoms with Crippen LogP contribution < -0.4 is 5.32 Å². The summed E-state index contributed by atoms with van der Waals surface area (Å²) in [7, 11) is 3.81. The van der Waals surface area contributed by atoms with Gasteiger partial charge in [-0.2, -0.15) is 5.10 Å². The van der Waals surface area contributed by atoms with Crippen LogP contribution in [0.1, 0.15) is 36.5 Å². The number of nitrogens with one attached hydrogen (secondary N) is 1. The molecule has 30 heavy (non-hydrogen) atoms. The van der Waals surface area contributed by atoms with Crippen LogP contribution in [0.2, 0.25) is 0 Å². The lowest BCUT2D eigenvalue weighted by Crippen LogP contribution is -2.52. The molecule has 0 saturated carbocycles. The van der Waals surface area contributed by atoms with Crippen molar-refractivity contribution < 1.29 is 4.74 Å². The van der Waals surface area contributed by atoms with Crippen molar-refractivity contribution in [3.8, 4) is 0 Å². The van der Waals surface area contributed by atoms with Gasteiger partial charge in [0.15, 0.2) is 5.96 Å². The minimum atomic E-state index is 0.0373. The Morgan fingerprint density at radius 1 is 1.23 bits per heavy atom. The van der Waals surface area contributed by atoms with E-state index in [0.29, 0.717) is 12.6 Å². The normalized spacial score (nSPS) is 23.5. The number of benzene rings is 1. The topological polar surface area (TPSA) is 57.9 Å². The van der Waals surface area contributed by atoms with E-state index in [-0.39, 0.29) is 6.10 Å². The van der Waals surface area contributed by atoms with E-state index >= 15 is 0 Å². The third-order valence-corrected chi connectivity index (χ3v) is 6.15. The summed E-state index contributed by atoms with van der Waals surface area (Å²) < 4.78 is 7.82. The number of rotatable bonds is 5. The molecule has 0 amide bonds. The number of piperidine rings is 1. The first kappa shape index (κ1) is 20.9. The van der Waals surface area contributed by atoms with Crippen LogP contribution in [0.5, 0.6) is 0 Å². The lowest BCUT2D eigenvalue weighted by Gasteiger charge is -2.38. The SMILES string of the molecule is CN=C(NCC1CCCCN1Cc1ccccc1)N1CCOC(c2cnn(C)c2)C1. The predicted molar refractivity (Wildman–Crippen MR) is 119 cm³/mol. The zero-order valence-corrected chi connectivity index (χ0v) is 18.2. The number of hydrogen-bond donors (Lipinski definition) is 1. The third kappa shape index (κ3) is 5.21. The van der Waals surface area contributed by atoms with Crippen molar-refractivity contribution in [1.82, 2.24) is 24.9 Å². The first-order chi connectivity index (χ1) is 14.7. The minimum Gasteiger partial charge on any atom is -0.370 e. The average molecular weight is 411 g/mol. The van der Waals surface area contributed by atoms with Gasteiger partial charge in [-0.3, -0.25) is 14.6 Å². The van der Waals surface area contributed by atoms with Crippen molar-refractivity contribution in [2.75, 3.05) is 39.8 Å². The molecule has 1 aromatic carbocycles. The average Bonchev–Trinajstić information content (AvgIpc) is 3.23. The van der Waals surface area contributed by atoms with Gasteiger partial charge in [0.2, 0.25) is 0 Å². The first-order valence-corrected chi connectivity index (χ1v) is 11.1. The maximum atomic E-state index is 5.99. The second kappa shape index (κ2) is 10.1. The van der Waals surface area contributed by atoms with Crippen LogP contribution in [0.15, 0.2) is 47.7 Å². The summed E-state index contributed by atoms with van der Waals surface area (Å²) in [5.41, 5.74) is 2.51. The third-order valence-electron chi connectivity index (χ3n) is 6.15. The molecule has 1 N–H and O–H groups in total. The molecule has 2 aromatic rings. The van der Waals surface area contributed by atoms with E-state index in [1.54, 1.807) is 0 Å². The fraction of sp³-hybridized carbons (Fsp3) is 0.565. The summed E-state index contributed by atoms with van der Waals surface area (Å²) in [5, 5.41) is 7.95. The second-order valence-corrected chi connectivity index (χ2v) is 8.29. The number of hydrogen-bond acceptors (Lipinski definition) is 4. The Morgan fingerprint density at radius 3 is 2.87 bits per heavy atom. The van der Waals surface area contributed by atoms with Crippen LogP contribution in [-0.4, -0.2) is 71.4 Å². The lowest BCUT2D eigenvalue weighted by atomic mass is 10.0. The maximum Gasteiger partial charge on any atom is 0.193 e. The Kier molecular flexibility index (Phi) is 7.02. The minimum absolute atomic E-state index is 0.0373. The molecule has 1 aromatic heterocycles. The number of aromatic nitrogens is 2. The molecule has 7 nitrogen and oxygen atoms in total. The van der Waals surface area contributed by atoms with Gasteiger partial charge < -0.3 is 15.0 Å². The van der Waals surface area contributed by atoms with Gasteiger partial charge in [0.25, 0.3) is 0 Å². The Hall–Kier alpha value is -2.38. The molecule has 0 bridgehead atoms. The molecule has 2 atom stereocenters. The number of ether oxygens (including phenoxy) is 1. The fourth-order valence-electron chi connectivity index (χ4n) is 4.51. The van der Waals surface area contributed by atoms with Crippen molar-refractivity contribution in [2.45, 2.75) is 38.0 Å². The molecule has 4 rings (SSSR count). The number of aliphatic imine (C=N–C) groups is 1.